The molecule has 0 aliphatic carbocycles. The van der Waals surface area contributed by atoms with Crippen LogP contribution in [0.3, 0.4) is 0 Å². The second-order valence-electron chi connectivity index (χ2n) is 5.50. The molecule has 0 saturated carbocycles. The molecular weight excluding hydrogens is 312 g/mol. The van der Waals surface area contributed by atoms with E-state index in [0.717, 1.165) is 34.8 Å². The van der Waals surface area contributed by atoms with Gasteiger partial charge in [-0.1, -0.05) is 23.7 Å². The summed E-state index contributed by atoms with van der Waals surface area (Å²) in [5.74, 6) is 1.63. The Hall–Kier alpha value is -2.11. The van der Waals surface area contributed by atoms with Crippen molar-refractivity contribution in [1.29, 1.82) is 0 Å². The second kappa shape index (κ2) is 6.56. The highest BCUT2D eigenvalue weighted by Crippen LogP contribution is 2.31. The predicted octanol–water partition coefficient (Wildman–Crippen LogP) is 3.11. The molecule has 3 rings (SSSR count). The van der Waals surface area contributed by atoms with E-state index in [2.05, 4.69) is 4.98 Å². The van der Waals surface area contributed by atoms with Crippen LogP contribution in [0.15, 0.2) is 36.5 Å². The van der Waals surface area contributed by atoms with Gasteiger partial charge in [-0.2, -0.15) is 0 Å². The number of nitrogens with zero attached hydrogens (tertiary/aromatic N) is 4. The van der Waals surface area contributed by atoms with E-state index < -0.39 is 0 Å². The highest BCUT2D eigenvalue weighted by atomic mass is 35.5. The Kier molecular flexibility index (Phi) is 4.50. The van der Waals surface area contributed by atoms with E-state index in [1.807, 2.05) is 53.9 Å². The lowest BCUT2D eigenvalue weighted by Crippen LogP contribution is -2.20. The molecule has 0 aliphatic heterocycles. The molecule has 0 atom stereocenters. The second-order valence-corrected chi connectivity index (χ2v) is 5.91. The lowest BCUT2D eigenvalue weighted by atomic mass is 10.2. The number of aliphatic hydroxyl groups is 1. The first kappa shape index (κ1) is 15.8. The van der Waals surface area contributed by atoms with Crippen LogP contribution in [0.25, 0.3) is 22.4 Å². The van der Waals surface area contributed by atoms with Crippen molar-refractivity contribution >= 4 is 28.5 Å². The highest BCUT2D eigenvalue weighted by molar-refractivity contribution is 6.33. The smallest absolute Gasteiger partial charge is 0.142 e. The number of hydrogen-bond acceptors (Lipinski definition) is 4. The fraction of sp³-hybridized carbons (Fsp3) is 0.294. The normalized spacial score (nSPS) is 11.1. The Morgan fingerprint density at radius 2 is 2.09 bits per heavy atom. The number of halogens is 1. The SMILES string of the molecule is CN(CCCO)c1cc(-c2nc3ccccc3n2C)c(Cl)cn1. The number of pyridine rings is 1. The number of hydrogen-bond donors (Lipinski definition) is 1. The van der Waals surface area contributed by atoms with Gasteiger partial charge < -0.3 is 14.6 Å². The number of aryl methyl sites for hydroxylation is 1. The van der Waals surface area contributed by atoms with Crippen LogP contribution < -0.4 is 4.90 Å². The van der Waals surface area contributed by atoms with Gasteiger partial charge in [0.05, 0.1) is 16.1 Å². The molecule has 0 amide bonds. The quantitative estimate of drug-likeness (QED) is 0.781. The first-order valence-corrected chi connectivity index (χ1v) is 7.89. The lowest BCUT2D eigenvalue weighted by molar-refractivity contribution is 0.290. The first-order chi connectivity index (χ1) is 11.1. The fourth-order valence-electron chi connectivity index (χ4n) is 2.62. The van der Waals surface area contributed by atoms with Gasteiger partial charge in [-0.3, -0.25) is 0 Å². The molecule has 2 aromatic heterocycles. The Morgan fingerprint density at radius 3 is 2.83 bits per heavy atom. The summed E-state index contributed by atoms with van der Waals surface area (Å²) in [7, 11) is 3.93. The minimum Gasteiger partial charge on any atom is -0.396 e. The zero-order valence-electron chi connectivity index (χ0n) is 13.2. The van der Waals surface area contributed by atoms with Crippen molar-refractivity contribution in [2.45, 2.75) is 6.42 Å². The maximum atomic E-state index is 8.97. The van der Waals surface area contributed by atoms with Crippen LogP contribution in [0, 0.1) is 0 Å². The van der Waals surface area contributed by atoms with Gasteiger partial charge in [0.15, 0.2) is 0 Å². The first-order valence-electron chi connectivity index (χ1n) is 7.51. The van der Waals surface area contributed by atoms with Crippen molar-refractivity contribution in [3.63, 3.8) is 0 Å². The van der Waals surface area contributed by atoms with Crippen LogP contribution in [-0.2, 0) is 7.05 Å². The van der Waals surface area contributed by atoms with Crippen molar-refractivity contribution < 1.29 is 5.11 Å². The van der Waals surface area contributed by atoms with Gasteiger partial charge in [-0.25, -0.2) is 9.97 Å². The fourth-order valence-corrected chi connectivity index (χ4v) is 2.80. The van der Waals surface area contributed by atoms with Crippen molar-refractivity contribution in [2.75, 3.05) is 25.1 Å². The van der Waals surface area contributed by atoms with Crippen LogP contribution in [0.1, 0.15) is 6.42 Å². The van der Waals surface area contributed by atoms with Gasteiger partial charge in [0.2, 0.25) is 0 Å². The van der Waals surface area contributed by atoms with E-state index in [9.17, 15) is 0 Å². The summed E-state index contributed by atoms with van der Waals surface area (Å²) in [6.45, 7) is 0.892. The minimum absolute atomic E-state index is 0.162. The molecule has 0 saturated heterocycles. The molecular formula is C17H19ClN4O. The summed E-state index contributed by atoms with van der Waals surface area (Å²) in [6.07, 6.45) is 2.35. The summed E-state index contributed by atoms with van der Waals surface area (Å²) < 4.78 is 2.04. The van der Waals surface area contributed by atoms with Crippen LogP contribution in [0.2, 0.25) is 5.02 Å². The van der Waals surface area contributed by atoms with Crippen molar-refractivity contribution in [3.05, 3.63) is 41.6 Å². The van der Waals surface area contributed by atoms with E-state index in [4.69, 9.17) is 21.7 Å². The van der Waals surface area contributed by atoms with Crippen LogP contribution in [-0.4, -0.2) is 39.8 Å². The van der Waals surface area contributed by atoms with Crippen LogP contribution in [0.5, 0.6) is 0 Å². The summed E-state index contributed by atoms with van der Waals surface area (Å²) in [6, 6.07) is 9.94. The third kappa shape index (κ3) is 3.02. The number of para-hydroxylation sites is 2. The monoisotopic (exact) mass is 330 g/mol. The Morgan fingerprint density at radius 1 is 1.30 bits per heavy atom. The molecule has 0 unspecified atom stereocenters. The van der Waals surface area contributed by atoms with Crippen LogP contribution >= 0.6 is 11.6 Å². The van der Waals surface area contributed by atoms with Gasteiger partial charge in [-0.15, -0.1) is 0 Å². The maximum absolute atomic E-state index is 8.97. The molecule has 0 bridgehead atoms. The number of fused-ring (bicyclic) bond motifs is 1. The summed E-state index contributed by atoms with van der Waals surface area (Å²) in [4.78, 5) is 11.1. The molecule has 1 aromatic carbocycles. The molecule has 0 aliphatic rings. The van der Waals surface area contributed by atoms with Crippen molar-refractivity contribution in [3.8, 4) is 11.4 Å². The highest BCUT2D eigenvalue weighted by Gasteiger charge is 2.15. The standard InChI is InChI=1S/C17H19ClN4O/c1-21(8-5-9-23)16-10-12(13(18)11-19-16)17-20-14-6-3-4-7-15(14)22(17)2/h3-4,6-7,10-11,23H,5,8-9H2,1-2H3. The average molecular weight is 331 g/mol. The zero-order chi connectivity index (χ0) is 16.4. The van der Waals surface area contributed by atoms with Crippen molar-refractivity contribution in [2.24, 2.45) is 7.05 Å². The third-order valence-electron chi connectivity index (χ3n) is 3.91. The molecule has 5 nitrogen and oxygen atoms in total. The molecule has 120 valence electrons. The Balaban J connectivity index is 2.05. The molecule has 0 fully saturated rings. The number of anilines is 1. The van der Waals surface area contributed by atoms with Gasteiger partial charge in [0.25, 0.3) is 0 Å². The number of imidazole rings is 1. The van der Waals surface area contributed by atoms with E-state index in [1.165, 1.54) is 0 Å². The Labute approximate surface area is 140 Å². The molecule has 1 N–H and O–H groups in total. The summed E-state index contributed by atoms with van der Waals surface area (Å²) in [5, 5.41) is 9.55. The third-order valence-corrected chi connectivity index (χ3v) is 4.21. The van der Waals surface area contributed by atoms with Gasteiger partial charge >= 0.3 is 0 Å². The van der Waals surface area contributed by atoms with Gasteiger partial charge in [0.1, 0.15) is 11.6 Å². The molecule has 0 spiro atoms. The number of benzene rings is 1. The average Bonchev–Trinajstić information content (AvgIpc) is 2.90. The van der Waals surface area contributed by atoms with E-state index in [-0.39, 0.29) is 6.61 Å². The Bertz CT molecular complexity index is 831. The van der Waals surface area contributed by atoms with Crippen LogP contribution in [0.4, 0.5) is 5.82 Å². The van der Waals surface area contributed by atoms with E-state index in [0.29, 0.717) is 11.4 Å². The zero-order valence-corrected chi connectivity index (χ0v) is 14.0. The molecule has 2 heterocycles. The lowest BCUT2D eigenvalue weighted by Gasteiger charge is -2.18. The molecule has 23 heavy (non-hydrogen) atoms. The van der Waals surface area contributed by atoms with Gasteiger partial charge in [0, 0.05) is 39.0 Å². The van der Waals surface area contributed by atoms with E-state index >= 15 is 0 Å². The maximum Gasteiger partial charge on any atom is 0.142 e. The van der Waals surface area contributed by atoms with Gasteiger partial charge in [-0.05, 0) is 24.6 Å². The molecule has 3 aromatic rings. The summed E-state index contributed by atoms with van der Waals surface area (Å²) in [5.41, 5.74) is 2.85. The predicted molar refractivity (Wildman–Crippen MR) is 93.9 cm³/mol. The number of rotatable bonds is 5. The topological polar surface area (TPSA) is 54.2 Å². The summed E-state index contributed by atoms with van der Waals surface area (Å²) >= 11 is 6.36. The molecule has 6 heteroatoms. The minimum atomic E-state index is 0.162. The van der Waals surface area contributed by atoms with Crippen molar-refractivity contribution in [1.82, 2.24) is 14.5 Å². The number of aliphatic hydroxyl groups excluding tert-OH is 1. The number of aromatic nitrogens is 3. The largest absolute Gasteiger partial charge is 0.396 e. The van der Waals surface area contributed by atoms with E-state index in [1.54, 1.807) is 6.20 Å². The molecule has 0 radical (unpaired) electrons.